The molecule has 1 saturated carbocycles. The van der Waals surface area contributed by atoms with Crippen LogP contribution in [-0.2, 0) is 15.1 Å². The van der Waals surface area contributed by atoms with Crippen LogP contribution < -0.4 is 4.74 Å². The van der Waals surface area contributed by atoms with Gasteiger partial charge in [-0.05, 0) is 56.2 Å². The second-order valence-corrected chi connectivity index (χ2v) is 7.03. The van der Waals surface area contributed by atoms with Crippen LogP contribution in [0.2, 0.25) is 0 Å². The van der Waals surface area contributed by atoms with Crippen molar-refractivity contribution in [2.45, 2.75) is 76.9 Å². The van der Waals surface area contributed by atoms with Gasteiger partial charge in [0.2, 0.25) is 0 Å². The van der Waals surface area contributed by atoms with Crippen molar-refractivity contribution in [3.63, 3.8) is 0 Å². The molecule has 0 aliphatic heterocycles. The molecular weight excluding hydrogens is 332 g/mol. The number of unbranched alkanes of at least 4 members (excludes halogenated alkanes) is 2. The highest BCUT2D eigenvalue weighted by atomic mass is 16.7. The topological polar surface area (TPSA) is 65.0 Å². The van der Waals surface area contributed by atoms with Gasteiger partial charge in [-0.15, -0.1) is 0 Å². The summed E-state index contributed by atoms with van der Waals surface area (Å²) in [5, 5.41) is 11.0. The van der Waals surface area contributed by atoms with E-state index in [0.717, 1.165) is 37.0 Å². The highest BCUT2D eigenvalue weighted by molar-refractivity contribution is 5.60. The molecule has 5 nitrogen and oxygen atoms in total. The summed E-state index contributed by atoms with van der Waals surface area (Å²) in [7, 11) is 0. The van der Waals surface area contributed by atoms with E-state index >= 15 is 0 Å². The van der Waals surface area contributed by atoms with E-state index in [9.17, 15) is 9.90 Å². The van der Waals surface area contributed by atoms with Crippen molar-refractivity contribution in [3.8, 4) is 5.75 Å². The van der Waals surface area contributed by atoms with Gasteiger partial charge >= 0.3 is 6.16 Å². The van der Waals surface area contributed by atoms with Crippen LogP contribution in [0.5, 0.6) is 5.75 Å². The van der Waals surface area contributed by atoms with E-state index in [4.69, 9.17) is 14.2 Å². The smallest absolute Gasteiger partial charge is 0.494 e. The predicted octanol–water partition coefficient (Wildman–Crippen LogP) is 4.95. The first kappa shape index (κ1) is 20.6. The second-order valence-electron chi connectivity index (χ2n) is 7.03. The first-order valence-corrected chi connectivity index (χ1v) is 9.86. The van der Waals surface area contributed by atoms with Crippen molar-refractivity contribution in [2.75, 3.05) is 13.2 Å². The molecular formula is C21H32O5. The minimum Gasteiger partial charge on any atom is -0.494 e. The number of ether oxygens (including phenoxy) is 3. The van der Waals surface area contributed by atoms with E-state index in [-0.39, 0.29) is 6.10 Å². The molecule has 1 aliphatic rings. The molecule has 2 rings (SSSR count). The molecule has 0 radical (unpaired) electrons. The van der Waals surface area contributed by atoms with Crippen LogP contribution in [0.15, 0.2) is 24.3 Å². The summed E-state index contributed by atoms with van der Waals surface area (Å²) in [6.07, 6.45) is 5.59. The van der Waals surface area contributed by atoms with Crippen molar-refractivity contribution in [3.05, 3.63) is 29.8 Å². The van der Waals surface area contributed by atoms with Crippen LogP contribution in [0.1, 0.15) is 70.8 Å². The average Bonchev–Trinajstić information content (AvgIpc) is 2.65. The first-order chi connectivity index (χ1) is 12.6. The highest BCUT2D eigenvalue weighted by Gasteiger charge is 2.36. The third-order valence-corrected chi connectivity index (χ3v) is 4.90. The molecule has 0 bridgehead atoms. The van der Waals surface area contributed by atoms with Crippen molar-refractivity contribution in [1.29, 1.82) is 0 Å². The van der Waals surface area contributed by atoms with Gasteiger partial charge in [-0.3, -0.25) is 0 Å². The fraction of sp³-hybridized carbons (Fsp3) is 0.667. The van der Waals surface area contributed by atoms with Crippen LogP contribution in [0.25, 0.3) is 0 Å². The molecule has 1 N–H and O–H groups in total. The quantitative estimate of drug-likeness (QED) is 0.496. The molecule has 0 aromatic heterocycles. The van der Waals surface area contributed by atoms with Gasteiger partial charge in [0, 0.05) is 0 Å². The fourth-order valence-electron chi connectivity index (χ4n) is 3.14. The molecule has 1 aromatic rings. The molecule has 1 fully saturated rings. The average molecular weight is 364 g/mol. The lowest BCUT2D eigenvalue weighted by Gasteiger charge is -2.36. The maximum absolute atomic E-state index is 11.6. The van der Waals surface area contributed by atoms with Gasteiger partial charge in [-0.25, -0.2) is 4.79 Å². The fourth-order valence-corrected chi connectivity index (χ4v) is 3.14. The van der Waals surface area contributed by atoms with Gasteiger partial charge in [0.1, 0.15) is 11.9 Å². The van der Waals surface area contributed by atoms with E-state index in [1.807, 2.05) is 31.2 Å². The third-order valence-electron chi connectivity index (χ3n) is 4.90. The van der Waals surface area contributed by atoms with Crippen molar-refractivity contribution >= 4 is 6.16 Å². The highest BCUT2D eigenvalue weighted by Crippen LogP contribution is 2.38. The Kier molecular flexibility index (Phi) is 8.23. The molecule has 0 unspecified atom stereocenters. The lowest BCUT2D eigenvalue weighted by Crippen LogP contribution is -2.35. The zero-order valence-corrected chi connectivity index (χ0v) is 16.0. The Balaban J connectivity index is 1.80. The molecule has 26 heavy (non-hydrogen) atoms. The predicted molar refractivity (Wildman–Crippen MR) is 100 cm³/mol. The van der Waals surface area contributed by atoms with E-state index in [1.165, 1.54) is 0 Å². The van der Waals surface area contributed by atoms with E-state index in [1.54, 1.807) is 0 Å². The van der Waals surface area contributed by atoms with Gasteiger partial charge in [0.15, 0.2) is 0 Å². The molecule has 1 aliphatic carbocycles. The molecule has 0 saturated heterocycles. The Morgan fingerprint density at radius 2 is 1.69 bits per heavy atom. The summed E-state index contributed by atoms with van der Waals surface area (Å²) in [5.41, 5.74) is 0.0257. The molecule has 5 heteroatoms. The number of hydrogen-bond donors (Lipinski definition) is 1. The Labute approximate surface area is 156 Å². The summed E-state index contributed by atoms with van der Waals surface area (Å²) in [5.74, 6) is 0.831. The van der Waals surface area contributed by atoms with Crippen LogP contribution in [-0.4, -0.2) is 30.6 Å². The number of carbonyl (C=O) groups excluding carboxylic acids is 1. The number of rotatable bonds is 9. The normalized spacial score (nSPS) is 22.7. The van der Waals surface area contributed by atoms with Crippen LogP contribution >= 0.6 is 0 Å². The largest absolute Gasteiger partial charge is 0.508 e. The zero-order valence-electron chi connectivity index (χ0n) is 16.0. The van der Waals surface area contributed by atoms with Crippen LogP contribution in [0.4, 0.5) is 4.79 Å². The summed E-state index contributed by atoms with van der Waals surface area (Å²) < 4.78 is 16.1. The standard InChI is InChI=1S/C21H32O5/c1-3-5-15-24-18-9-7-17(8-10-18)21(23)13-11-19(12-14-21)26-20(22)25-16-6-4-2/h7-10,19,23H,3-6,11-16H2,1-2H3. The Morgan fingerprint density at radius 3 is 2.31 bits per heavy atom. The number of hydrogen-bond acceptors (Lipinski definition) is 5. The van der Waals surface area contributed by atoms with Gasteiger partial charge in [0.05, 0.1) is 18.8 Å². The van der Waals surface area contributed by atoms with Crippen molar-refractivity contribution in [1.82, 2.24) is 0 Å². The SMILES string of the molecule is CCCCOC(=O)OC1CCC(O)(c2ccc(OCCCC)cc2)CC1. The maximum atomic E-state index is 11.6. The minimum absolute atomic E-state index is 0.180. The molecule has 0 amide bonds. The van der Waals surface area contributed by atoms with Gasteiger partial charge in [-0.2, -0.15) is 0 Å². The summed E-state index contributed by atoms with van der Waals surface area (Å²) in [6, 6.07) is 7.69. The number of benzene rings is 1. The summed E-state index contributed by atoms with van der Waals surface area (Å²) in [4.78, 5) is 11.6. The Bertz CT molecular complexity index is 532. The third kappa shape index (κ3) is 6.20. The molecule has 0 heterocycles. The van der Waals surface area contributed by atoms with Gasteiger partial charge in [-0.1, -0.05) is 38.8 Å². The van der Waals surface area contributed by atoms with Gasteiger partial charge < -0.3 is 19.3 Å². The van der Waals surface area contributed by atoms with E-state index in [2.05, 4.69) is 6.92 Å². The Hall–Kier alpha value is -1.75. The first-order valence-electron chi connectivity index (χ1n) is 9.86. The van der Waals surface area contributed by atoms with Crippen LogP contribution in [0.3, 0.4) is 0 Å². The maximum Gasteiger partial charge on any atom is 0.508 e. The number of aliphatic hydroxyl groups is 1. The van der Waals surface area contributed by atoms with E-state index < -0.39 is 11.8 Å². The monoisotopic (exact) mass is 364 g/mol. The second kappa shape index (κ2) is 10.4. The van der Waals surface area contributed by atoms with Crippen molar-refractivity contribution < 1.29 is 24.1 Å². The van der Waals surface area contributed by atoms with Crippen molar-refractivity contribution in [2.24, 2.45) is 0 Å². The Morgan fingerprint density at radius 1 is 1.08 bits per heavy atom. The number of carbonyl (C=O) groups is 1. The summed E-state index contributed by atoms with van der Waals surface area (Å²) in [6.45, 7) is 5.29. The molecule has 0 atom stereocenters. The lowest BCUT2D eigenvalue weighted by atomic mass is 9.78. The molecule has 146 valence electrons. The molecule has 1 aromatic carbocycles. The van der Waals surface area contributed by atoms with Crippen LogP contribution in [0, 0.1) is 0 Å². The summed E-state index contributed by atoms with van der Waals surface area (Å²) >= 11 is 0. The zero-order chi connectivity index (χ0) is 18.8. The van der Waals surface area contributed by atoms with Gasteiger partial charge in [0.25, 0.3) is 0 Å². The lowest BCUT2D eigenvalue weighted by molar-refractivity contribution is -0.0537. The minimum atomic E-state index is -0.867. The molecule has 0 spiro atoms. The van der Waals surface area contributed by atoms with E-state index in [0.29, 0.717) is 38.9 Å².